The number of hydrogen-bond donors (Lipinski definition) is 0. The first-order chi connectivity index (χ1) is 12.5. The molecule has 0 radical (unpaired) electrons. The normalized spacial score (nSPS) is 16.8. The van der Waals surface area contributed by atoms with Crippen molar-refractivity contribution in [2.75, 3.05) is 28.3 Å². The van der Waals surface area contributed by atoms with Gasteiger partial charge in [-0.25, -0.2) is 4.58 Å². The van der Waals surface area contributed by atoms with Crippen molar-refractivity contribution in [2.24, 2.45) is 0 Å². The molecule has 2 aliphatic rings. The molecule has 0 aromatic heterocycles. The fraction of sp³-hybridized carbons (Fsp3) is 0.227. The highest BCUT2D eigenvalue weighted by Gasteiger charge is 2.18. The van der Waals surface area contributed by atoms with Gasteiger partial charge in [0.1, 0.15) is 25.6 Å². The first kappa shape index (κ1) is 17.8. The van der Waals surface area contributed by atoms with E-state index in [0.29, 0.717) is 11.5 Å². The standard InChI is InChI=1S/C22H24NO3/c1-15-12-17-13-21(24-4)22(25-5)14-19(17)20(26-15)11-8-16-6-9-18(10-7-16)23(2)3/h6-14H,1-5H3/q+1. The molecule has 0 bridgehead atoms. The first-order valence-electron chi connectivity index (χ1n) is 8.47. The van der Waals surface area contributed by atoms with Crippen molar-refractivity contribution in [3.05, 3.63) is 71.0 Å². The van der Waals surface area contributed by atoms with E-state index in [4.69, 9.17) is 14.2 Å². The lowest BCUT2D eigenvalue weighted by Crippen LogP contribution is -2.09. The number of fused-ring (bicyclic) bond motifs is 1. The van der Waals surface area contributed by atoms with Gasteiger partial charge in [0.2, 0.25) is 0 Å². The van der Waals surface area contributed by atoms with Crippen LogP contribution in [-0.2, 0) is 4.74 Å². The lowest BCUT2D eigenvalue weighted by Gasteiger charge is -2.20. The molecule has 0 saturated carbocycles. The monoisotopic (exact) mass is 350 g/mol. The largest absolute Gasteiger partial charge is 0.493 e. The number of rotatable bonds is 3. The predicted octanol–water partition coefficient (Wildman–Crippen LogP) is 4.20. The van der Waals surface area contributed by atoms with Gasteiger partial charge in [-0.1, -0.05) is 6.08 Å². The van der Waals surface area contributed by atoms with Crippen molar-refractivity contribution in [1.29, 1.82) is 0 Å². The molecule has 26 heavy (non-hydrogen) atoms. The summed E-state index contributed by atoms with van der Waals surface area (Å²) in [6.45, 7) is 1.94. The number of allylic oxidation sites excluding steroid dienone is 8. The van der Waals surface area contributed by atoms with E-state index in [1.165, 1.54) is 5.71 Å². The van der Waals surface area contributed by atoms with Gasteiger partial charge in [0, 0.05) is 17.7 Å². The van der Waals surface area contributed by atoms with E-state index in [0.717, 1.165) is 28.2 Å². The molecule has 0 amide bonds. The van der Waals surface area contributed by atoms with E-state index in [9.17, 15) is 0 Å². The van der Waals surface area contributed by atoms with Crippen LogP contribution in [0.25, 0.3) is 11.8 Å². The maximum absolute atomic E-state index is 5.96. The second-order valence-electron chi connectivity index (χ2n) is 6.34. The summed E-state index contributed by atoms with van der Waals surface area (Å²) in [5.74, 6) is 3.02. The third-order valence-corrected chi connectivity index (χ3v) is 4.29. The van der Waals surface area contributed by atoms with Gasteiger partial charge in [-0.05, 0) is 54.5 Å². The minimum Gasteiger partial charge on any atom is -0.493 e. The van der Waals surface area contributed by atoms with Crippen molar-refractivity contribution in [3.63, 3.8) is 0 Å². The maximum Gasteiger partial charge on any atom is 0.199 e. The lowest BCUT2D eigenvalue weighted by molar-refractivity contribution is -0.462. The molecule has 0 spiro atoms. The molecule has 4 heteroatoms. The second-order valence-corrected chi connectivity index (χ2v) is 6.34. The number of methoxy groups -OCH3 is 2. The van der Waals surface area contributed by atoms with E-state index >= 15 is 0 Å². The molecular weight excluding hydrogens is 326 g/mol. The van der Waals surface area contributed by atoms with Gasteiger partial charge in [0.15, 0.2) is 17.2 Å². The number of hydrogen-bond acceptors (Lipinski definition) is 3. The molecule has 134 valence electrons. The van der Waals surface area contributed by atoms with Crippen molar-refractivity contribution >= 4 is 17.5 Å². The molecule has 0 fully saturated rings. The number of nitrogens with zero attached hydrogens (tertiary/aromatic N) is 1. The third-order valence-electron chi connectivity index (χ3n) is 4.29. The second kappa shape index (κ2) is 7.48. The Labute approximate surface area is 154 Å². The smallest absolute Gasteiger partial charge is 0.199 e. The van der Waals surface area contributed by atoms with Crippen molar-refractivity contribution in [2.45, 2.75) is 6.92 Å². The molecule has 4 nitrogen and oxygen atoms in total. The van der Waals surface area contributed by atoms with Gasteiger partial charge in [-0.15, -0.1) is 0 Å². The average Bonchev–Trinajstić information content (AvgIpc) is 2.65. The minimum absolute atomic E-state index is 0.684. The van der Waals surface area contributed by atoms with Crippen LogP contribution >= 0.6 is 0 Å². The summed E-state index contributed by atoms with van der Waals surface area (Å²) in [5, 5.41) is 0. The van der Waals surface area contributed by atoms with Gasteiger partial charge < -0.3 is 14.2 Å². The molecule has 1 heterocycles. The van der Waals surface area contributed by atoms with E-state index in [-0.39, 0.29) is 0 Å². The summed E-state index contributed by atoms with van der Waals surface area (Å²) in [7, 11) is 7.34. The molecule has 1 aliphatic heterocycles. The minimum atomic E-state index is 0.684. The molecule has 0 N–H and O–H groups in total. The summed E-state index contributed by atoms with van der Waals surface area (Å²) in [4.78, 5) is 0. The van der Waals surface area contributed by atoms with Crippen molar-refractivity contribution < 1.29 is 18.8 Å². The summed E-state index contributed by atoms with van der Waals surface area (Å²) in [5.41, 5.74) is 4.31. The Kier molecular flexibility index (Phi) is 5.12. The molecular formula is C22H24NO3+. The van der Waals surface area contributed by atoms with Crippen LogP contribution in [0.15, 0.2) is 59.9 Å². The third kappa shape index (κ3) is 3.64. The summed E-state index contributed by atoms with van der Waals surface area (Å²) >= 11 is 0. The fourth-order valence-corrected chi connectivity index (χ4v) is 2.88. The summed E-state index contributed by atoms with van der Waals surface area (Å²) in [6.07, 6.45) is 14.4. The highest BCUT2D eigenvalue weighted by molar-refractivity contribution is 6.02. The van der Waals surface area contributed by atoms with Crippen LogP contribution in [0.1, 0.15) is 18.1 Å². The number of ether oxygens (including phenoxy) is 3. The van der Waals surface area contributed by atoms with Gasteiger partial charge in [-0.2, -0.15) is 0 Å². The Bertz CT molecular complexity index is 890. The quantitative estimate of drug-likeness (QED) is 0.766. The SMILES string of the molecule is COc1cc2c(cc1OC)C(=CC=C1C=CC(=[N+](C)C)C=C1)OC(C)=C2. The van der Waals surface area contributed by atoms with E-state index < -0.39 is 0 Å². The van der Waals surface area contributed by atoms with Crippen LogP contribution in [0.5, 0.6) is 11.5 Å². The molecule has 0 saturated heterocycles. The molecule has 0 atom stereocenters. The van der Waals surface area contributed by atoms with Gasteiger partial charge in [0.25, 0.3) is 0 Å². The van der Waals surface area contributed by atoms with Crippen LogP contribution in [-0.4, -0.2) is 38.6 Å². The molecule has 3 rings (SSSR count). The first-order valence-corrected chi connectivity index (χ1v) is 8.47. The maximum atomic E-state index is 5.96. The predicted molar refractivity (Wildman–Crippen MR) is 106 cm³/mol. The van der Waals surface area contributed by atoms with Crippen LogP contribution in [0, 0.1) is 0 Å². The Balaban J connectivity index is 1.98. The Hall–Kier alpha value is -3.01. The topological polar surface area (TPSA) is 30.7 Å². The van der Waals surface area contributed by atoms with E-state index in [2.05, 4.69) is 28.9 Å². The Morgan fingerprint density at radius 2 is 1.58 bits per heavy atom. The zero-order chi connectivity index (χ0) is 18.7. The Morgan fingerprint density at radius 3 is 2.19 bits per heavy atom. The molecule has 1 aliphatic carbocycles. The highest BCUT2D eigenvalue weighted by Crippen LogP contribution is 2.38. The number of benzene rings is 1. The van der Waals surface area contributed by atoms with Crippen molar-refractivity contribution in [1.82, 2.24) is 0 Å². The Morgan fingerprint density at radius 1 is 0.923 bits per heavy atom. The van der Waals surface area contributed by atoms with E-state index in [1.807, 2.05) is 51.4 Å². The lowest BCUT2D eigenvalue weighted by atomic mass is 10.0. The van der Waals surface area contributed by atoms with Crippen LogP contribution < -0.4 is 9.47 Å². The summed E-state index contributed by atoms with van der Waals surface area (Å²) < 4.78 is 18.9. The zero-order valence-electron chi connectivity index (χ0n) is 15.9. The van der Waals surface area contributed by atoms with Crippen LogP contribution in [0.3, 0.4) is 0 Å². The van der Waals surface area contributed by atoms with Crippen molar-refractivity contribution in [3.8, 4) is 11.5 Å². The average molecular weight is 350 g/mol. The molecule has 1 aromatic rings. The fourth-order valence-electron chi connectivity index (χ4n) is 2.88. The zero-order valence-corrected chi connectivity index (χ0v) is 15.9. The van der Waals surface area contributed by atoms with Crippen LogP contribution in [0.4, 0.5) is 0 Å². The van der Waals surface area contributed by atoms with E-state index in [1.54, 1.807) is 14.2 Å². The van der Waals surface area contributed by atoms with Gasteiger partial charge in [0.05, 0.1) is 14.2 Å². The molecule has 0 unspecified atom stereocenters. The van der Waals surface area contributed by atoms with Gasteiger partial charge in [-0.3, -0.25) is 0 Å². The summed E-state index contributed by atoms with van der Waals surface area (Å²) in [6, 6.07) is 3.92. The van der Waals surface area contributed by atoms with Crippen LogP contribution in [0.2, 0.25) is 0 Å². The highest BCUT2D eigenvalue weighted by atomic mass is 16.5. The molecule has 1 aromatic carbocycles. The van der Waals surface area contributed by atoms with Gasteiger partial charge >= 0.3 is 0 Å².